The molecular formula is C12H21N3O2S2. The molecule has 0 aromatic heterocycles. The van der Waals surface area contributed by atoms with E-state index in [4.69, 9.17) is 15.2 Å². The highest BCUT2D eigenvalue weighted by molar-refractivity contribution is 8.22. The maximum absolute atomic E-state index is 5.88. The molecule has 0 aromatic rings. The minimum Gasteiger partial charge on any atom is -0.366 e. The third-order valence-electron chi connectivity index (χ3n) is 3.42. The summed E-state index contributed by atoms with van der Waals surface area (Å²) in [5, 5.41) is 3.09. The number of thioether (sulfide) groups is 2. The van der Waals surface area contributed by atoms with E-state index in [9.17, 15) is 0 Å². The molecule has 5 nitrogen and oxygen atoms in total. The van der Waals surface area contributed by atoms with E-state index in [2.05, 4.69) is 10.2 Å². The van der Waals surface area contributed by atoms with Crippen LogP contribution >= 0.6 is 23.5 Å². The fourth-order valence-electron chi connectivity index (χ4n) is 2.68. The first kappa shape index (κ1) is 14.0. The van der Waals surface area contributed by atoms with Crippen molar-refractivity contribution in [2.24, 2.45) is 5.73 Å². The second-order valence-corrected chi connectivity index (χ2v) is 8.07. The smallest absolute Gasteiger partial charge is 0.163 e. The Morgan fingerprint density at radius 3 is 2.74 bits per heavy atom. The molecule has 2 fully saturated rings. The van der Waals surface area contributed by atoms with Gasteiger partial charge in [0, 0.05) is 31.6 Å². The van der Waals surface area contributed by atoms with Crippen molar-refractivity contribution in [3.8, 4) is 0 Å². The van der Waals surface area contributed by atoms with Gasteiger partial charge in [0.15, 0.2) is 5.79 Å². The third kappa shape index (κ3) is 3.40. The summed E-state index contributed by atoms with van der Waals surface area (Å²) in [4.78, 5) is 2.42. The molecule has 3 aliphatic rings. The number of nitrogens with one attached hydrogen (secondary N) is 1. The molecule has 108 valence electrons. The number of hydrogen-bond donors (Lipinski definition) is 2. The normalized spacial score (nSPS) is 37.2. The maximum Gasteiger partial charge on any atom is 0.163 e. The zero-order chi connectivity index (χ0) is 13.5. The summed E-state index contributed by atoms with van der Waals surface area (Å²) in [7, 11) is 0. The lowest BCUT2D eigenvalue weighted by atomic mass is 10.3. The molecule has 0 aromatic carbocycles. The zero-order valence-electron chi connectivity index (χ0n) is 11.3. The fraction of sp³-hybridized carbons (Fsp3) is 0.833. The van der Waals surface area contributed by atoms with E-state index in [1.54, 1.807) is 11.8 Å². The molecule has 3 atom stereocenters. The standard InChI is InChI=1S/C12H21N3O2S2/c1-12(2)16-8-6-15(7-9(8)17-12)3-4-18-10-5-14-11(13)19-10/h5,8-9,11,14H,3-4,6-7,13H2,1-2H3. The molecule has 2 saturated heterocycles. The molecule has 0 saturated carbocycles. The van der Waals surface area contributed by atoms with Crippen LogP contribution in [0.2, 0.25) is 0 Å². The topological polar surface area (TPSA) is 59.8 Å². The Morgan fingerprint density at radius 1 is 1.47 bits per heavy atom. The molecule has 0 spiro atoms. The number of hydrogen-bond acceptors (Lipinski definition) is 7. The first-order valence-corrected chi connectivity index (χ1v) is 8.48. The van der Waals surface area contributed by atoms with Crippen molar-refractivity contribution in [1.82, 2.24) is 10.2 Å². The molecule has 0 amide bonds. The van der Waals surface area contributed by atoms with Gasteiger partial charge in [-0.05, 0) is 13.8 Å². The second kappa shape index (κ2) is 5.46. The van der Waals surface area contributed by atoms with Gasteiger partial charge in [-0.2, -0.15) is 0 Å². The second-order valence-electron chi connectivity index (χ2n) is 5.49. The minimum absolute atomic E-state index is 0.0256. The Balaban J connectivity index is 1.37. The Kier molecular flexibility index (Phi) is 4.03. The average Bonchev–Trinajstić information content (AvgIpc) is 2.92. The zero-order valence-corrected chi connectivity index (χ0v) is 12.9. The largest absolute Gasteiger partial charge is 0.366 e. The summed E-state index contributed by atoms with van der Waals surface area (Å²) < 4.78 is 13.0. The van der Waals surface area contributed by atoms with Gasteiger partial charge in [0.05, 0.1) is 4.24 Å². The van der Waals surface area contributed by atoms with Gasteiger partial charge < -0.3 is 20.5 Å². The Hall–Kier alpha value is 0.0800. The van der Waals surface area contributed by atoms with E-state index in [1.165, 1.54) is 4.24 Å². The Bertz CT molecular complexity index is 362. The molecule has 7 heteroatoms. The lowest BCUT2D eigenvalue weighted by Crippen LogP contribution is -2.31. The van der Waals surface area contributed by atoms with E-state index in [1.807, 2.05) is 31.8 Å². The molecule has 3 heterocycles. The van der Waals surface area contributed by atoms with Gasteiger partial charge in [-0.1, -0.05) is 11.8 Å². The fourth-order valence-corrected chi connectivity index (χ4v) is 4.74. The van der Waals surface area contributed by atoms with Crippen LogP contribution in [-0.4, -0.2) is 53.8 Å². The molecule has 19 heavy (non-hydrogen) atoms. The summed E-state index contributed by atoms with van der Waals surface area (Å²) in [6.07, 6.45) is 2.50. The summed E-state index contributed by atoms with van der Waals surface area (Å²) in [6, 6.07) is 0. The predicted molar refractivity (Wildman–Crippen MR) is 79.5 cm³/mol. The van der Waals surface area contributed by atoms with Crippen molar-refractivity contribution in [3.63, 3.8) is 0 Å². The summed E-state index contributed by atoms with van der Waals surface area (Å²) in [5.41, 5.74) is 5.78. The molecule has 3 unspecified atom stereocenters. The van der Waals surface area contributed by atoms with Gasteiger partial charge in [-0.15, -0.1) is 11.8 Å². The maximum atomic E-state index is 5.88. The minimum atomic E-state index is -0.400. The van der Waals surface area contributed by atoms with Gasteiger partial charge >= 0.3 is 0 Å². The van der Waals surface area contributed by atoms with Gasteiger partial charge in [-0.3, -0.25) is 4.90 Å². The van der Waals surface area contributed by atoms with Gasteiger partial charge in [0.2, 0.25) is 0 Å². The number of fused-ring (bicyclic) bond motifs is 1. The number of rotatable bonds is 4. The highest BCUT2D eigenvalue weighted by atomic mass is 32.2. The molecule has 3 N–H and O–H groups in total. The summed E-state index contributed by atoms with van der Waals surface area (Å²) in [6.45, 7) is 7.02. The van der Waals surface area contributed by atoms with E-state index in [0.29, 0.717) is 0 Å². The van der Waals surface area contributed by atoms with Crippen molar-refractivity contribution in [3.05, 3.63) is 10.4 Å². The van der Waals surface area contributed by atoms with Crippen LogP contribution in [0.25, 0.3) is 0 Å². The molecular weight excluding hydrogens is 282 g/mol. The van der Waals surface area contributed by atoms with Crippen molar-refractivity contribution in [2.75, 3.05) is 25.4 Å². The SMILES string of the molecule is CC1(C)OC2CN(CCSC3=CNC(N)S3)CC2O1. The van der Waals surface area contributed by atoms with Gasteiger partial charge in [-0.25, -0.2) is 0 Å². The summed E-state index contributed by atoms with van der Waals surface area (Å²) in [5.74, 6) is 0.680. The van der Waals surface area contributed by atoms with Crippen LogP contribution in [0, 0.1) is 0 Å². The van der Waals surface area contributed by atoms with Crippen LogP contribution in [0.5, 0.6) is 0 Å². The highest BCUT2D eigenvalue weighted by Crippen LogP contribution is 2.35. The van der Waals surface area contributed by atoms with Crippen LogP contribution < -0.4 is 11.1 Å². The Morgan fingerprint density at radius 2 is 2.16 bits per heavy atom. The van der Waals surface area contributed by atoms with E-state index >= 15 is 0 Å². The Labute approximate surface area is 122 Å². The number of ether oxygens (including phenoxy) is 2. The van der Waals surface area contributed by atoms with E-state index in [-0.39, 0.29) is 17.7 Å². The van der Waals surface area contributed by atoms with Crippen molar-refractivity contribution >= 4 is 23.5 Å². The first-order valence-electron chi connectivity index (χ1n) is 6.61. The molecule has 3 rings (SSSR count). The van der Waals surface area contributed by atoms with Crippen molar-refractivity contribution in [2.45, 2.75) is 37.3 Å². The molecule has 0 bridgehead atoms. The van der Waals surface area contributed by atoms with Crippen LogP contribution in [0.1, 0.15) is 13.8 Å². The van der Waals surface area contributed by atoms with Gasteiger partial charge in [0.1, 0.15) is 17.7 Å². The van der Waals surface area contributed by atoms with Crippen molar-refractivity contribution < 1.29 is 9.47 Å². The van der Waals surface area contributed by atoms with Crippen LogP contribution in [0.3, 0.4) is 0 Å². The average molecular weight is 303 g/mol. The molecule has 0 radical (unpaired) electrons. The monoisotopic (exact) mass is 303 g/mol. The quantitative estimate of drug-likeness (QED) is 0.801. The highest BCUT2D eigenvalue weighted by Gasteiger charge is 2.46. The van der Waals surface area contributed by atoms with Gasteiger partial charge in [0.25, 0.3) is 0 Å². The van der Waals surface area contributed by atoms with Crippen LogP contribution in [0.4, 0.5) is 0 Å². The molecule has 0 aliphatic carbocycles. The number of likely N-dealkylation sites (tertiary alicyclic amines) is 1. The van der Waals surface area contributed by atoms with E-state index < -0.39 is 5.79 Å². The summed E-state index contributed by atoms with van der Waals surface area (Å²) >= 11 is 3.55. The lowest BCUT2D eigenvalue weighted by Gasteiger charge is -2.22. The van der Waals surface area contributed by atoms with Crippen LogP contribution in [0.15, 0.2) is 10.4 Å². The van der Waals surface area contributed by atoms with E-state index in [0.717, 1.165) is 25.4 Å². The van der Waals surface area contributed by atoms with Crippen molar-refractivity contribution in [1.29, 1.82) is 0 Å². The molecule has 3 aliphatic heterocycles. The predicted octanol–water partition coefficient (Wildman–Crippen LogP) is 0.933. The third-order valence-corrected chi connectivity index (χ3v) is 5.59. The number of nitrogens with two attached hydrogens (primary N) is 1. The van der Waals surface area contributed by atoms with Crippen LogP contribution in [-0.2, 0) is 9.47 Å². The number of nitrogens with zero attached hydrogens (tertiary/aromatic N) is 1. The first-order chi connectivity index (χ1) is 9.02. The lowest BCUT2D eigenvalue weighted by molar-refractivity contribution is -0.155.